The average Bonchev–Trinajstić information content (AvgIpc) is 2.76. The molecule has 1 heterocycles. The summed E-state index contributed by atoms with van der Waals surface area (Å²) in [4.78, 5) is 9.05. The van der Waals surface area contributed by atoms with E-state index in [0.29, 0.717) is 13.1 Å². The number of fused-ring (bicyclic) bond motifs is 1. The van der Waals surface area contributed by atoms with E-state index in [2.05, 4.69) is 29.4 Å². The summed E-state index contributed by atoms with van der Waals surface area (Å²) in [5.41, 5.74) is 4.06. The Morgan fingerprint density at radius 3 is 2.48 bits per heavy atom. The predicted molar refractivity (Wildman–Crippen MR) is 129 cm³/mol. The van der Waals surface area contributed by atoms with Gasteiger partial charge in [-0.1, -0.05) is 18.2 Å². The summed E-state index contributed by atoms with van der Waals surface area (Å²) in [5.74, 6) is 0.836. The zero-order chi connectivity index (χ0) is 22.2. The largest absolute Gasteiger partial charge is 0.497 e. The molecule has 0 amide bonds. The first-order valence-electron chi connectivity index (χ1n) is 10.8. The van der Waals surface area contributed by atoms with Crippen LogP contribution in [0.2, 0.25) is 0 Å². The van der Waals surface area contributed by atoms with Gasteiger partial charge in [0.05, 0.1) is 24.4 Å². The maximum absolute atomic E-state index is 10.1. The summed E-state index contributed by atoms with van der Waals surface area (Å²) >= 11 is 0. The minimum Gasteiger partial charge on any atom is -0.497 e. The van der Waals surface area contributed by atoms with Crippen LogP contribution >= 0.6 is 0 Å². The van der Waals surface area contributed by atoms with Gasteiger partial charge in [0.15, 0.2) is 0 Å². The molecule has 0 bridgehead atoms. The van der Waals surface area contributed by atoms with Crippen molar-refractivity contribution < 1.29 is 9.84 Å². The molecule has 3 aromatic rings. The van der Waals surface area contributed by atoms with Crippen molar-refractivity contribution >= 4 is 16.6 Å². The molecule has 0 saturated carbocycles. The SMILES string of the molecule is COc1ccc(-c2cc(NCCCN(C)CC(O)CN(C)C)c3ccccc3n2)cc1. The molecule has 6 nitrogen and oxygen atoms in total. The number of aromatic nitrogens is 1. The molecule has 1 unspecified atom stereocenters. The molecule has 2 aromatic carbocycles. The maximum Gasteiger partial charge on any atom is 0.118 e. The summed E-state index contributed by atoms with van der Waals surface area (Å²) in [7, 11) is 7.69. The van der Waals surface area contributed by atoms with Gasteiger partial charge >= 0.3 is 0 Å². The van der Waals surface area contributed by atoms with E-state index < -0.39 is 0 Å². The monoisotopic (exact) mass is 422 g/mol. The number of pyridine rings is 1. The normalized spacial score (nSPS) is 12.5. The second-order valence-electron chi connectivity index (χ2n) is 8.26. The summed E-state index contributed by atoms with van der Waals surface area (Å²) in [6.07, 6.45) is 0.656. The quantitative estimate of drug-likeness (QED) is 0.461. The van der Waals surface area contributed by atoms with Gasteiger partial charge in [0.1, 0.15) is 5.75 Å². The fourth-order valence-corrected chi connectivity index (χ4v) is 3.73. The van der Waals surface area contributed by atoms with Crippen molar-refractivity contribution in [1.82, 2.24) is 14.8 Å². The molecule has 0 spiro atoms. The smallest absolute Gasteiger partial charge is 0.118 e. The lowest BCUT2D eigenvalue weighted by molar-refractivity contribution is 0.0986. The van der Waals surface area contributed by atoms with Gasteiger partial charge < -0.3 is 25.0 Å². The number of hydrogen-bond acceptors (Lipinski definition) is 6. The number of ether oxygens (including phenoxy) is 1. The van der Waals surface area contributed by atoms with E-state index in [1.54, 1.807) is 7.11 Å². The predicted octanol–water partition coefficient (Wildman–Crippen LogP) is 3.57. The van der Waals surface area contributed by atoms with Gasteiger partial charge in [0.2, 0.25) is 0 Å². The van der Waals surface area contributed by atoms with Crippen LogP contribution in [0.25, 0.3) is 22.2 Å². The van der Waals surface area contributed by atoms with E-state index in [4.69, 9.17) is 9.72 Å². The van der Waals surface area contributed by atoms with E-state index in [1.165, 1.54) is 0 Å². The highest BCUT2D eigenvalue weighted by Gasteiger charge is 2.10. The van der Waals surface area contributed by atoms with Crippen LogP contribution in [0.15, 0.2) is 54.6 Å². The molecule has 1 atom stereocenters. The Hall–Kier alpha value is -2.67. The lowest BCUT2D eigenvalue weighted by Crippen LogP contribution is -2.36. The number of aliphatic hydroxyl groups excluding tert-OH is 1. The first-order chi connectivity index (χ1) is 15.0. The average molecular weight is 423 g/mol. The number of benzene rings is 2. The second-order valence-corrected chi connectivity index (χ2v) is 8.26. The van der Waals surface area contributed by atoms with Crippen molar-refractivity contribution in [2.45, 2.75) is 12.5 Å². The van der Waals surface area contributed by atoms with Crippen LogP contribution in [-0.2, 0) is 0 Å². The molecule has 3 rings (SSSR count). The number of para-hydroxylation sites is 1. The Kier molecular flexibility index (Phi) is 8.23. The third kappa shape index (κ3) is 6.66. The summed E-state index contributed by atoms with van der Waals surface area (Å²) in [5, 5.41) is 14.8. The van der Waals surface area contributed by atoms with Crippen molar-refractivity contribution in [3.05, 3.63) is 54.6 Å². The van der Waals surface area contributed by atoms with Gasteiger partial charge in [0.25, 0.3) is 0 Å². The highest BCUT2D eigenvalue weighted by Crippen LogP contribution is 2.29. The van der Waals surface area contributed by atoms with Crippen LogP contribution in [0, 0.1) is 0 Å². The van der Waals surface area contributed by atoms with E-state index >= 15 is 0 Å². The van der Waals surface area contributed by atoms with Crippen LogP contribution in [0.5, 0.6) is 5.75 Å². The Bertz CT molecular complexity index is 959. The van der Waals surface area contributed by atoms with E-state index in [1.807, 2.05) is 61.5 Å². The van der Waals surface area contributed by atoms with E-state index in [0.717, 1.165) is 53.1 Å². The number of aliphatic hydroxyl groups is 1. The minimum atomic E-state index is -0.329. The molecule has 166 valence electrons. The zero-order valence-corrected chi connectivity index (χ0v) is 19.0. The molecule has 0 saturated heterocycles. The van der Waals surface area contributed by atoms with Gasteiger partial charge in [-0.05, 0) is 70.5 Å². The van der Waals surface area contributed by atoms with Crippen molar-refractivity contribution in [2.75, 3.05) is 59.7 Å². The lowest BCUT2D eigenvalue weighted by atomic mass is 10.1. The maximum atomic E-state index is 10.1. The van der Waals surface area contributed by atoms with Crippen molar-refractivity contribution in [2.24, 2.45) is 0 Å². The number of rotatable bonds is 11. The topological polar surface area (TPSA) is 60.9 Å². The lowest BCUT2D eigenvalue weighted by Gasteiger charge is -2.22. The Morgan fingerprint density at radius 2 is 1.77 bits per heavy atom. The van der Waals surface area contributed by atoms with Gasteiger partial charge in [0, 0.05) is 36.3 Å². The van der Waals surface area contributed by atoms with E-state index in [9.17, 15) is 5.11 Å². The molecule has 0 aliphatic rings. The first-order valence-corrected chi connectivity index (χ1v) is 10.8. The van der Waals surface area contributed by atoms with Crippen LogP contribution in [-0.4, -0.2) is 80.4 Å². The molecule has 31 heavy (non-hydrogen) atoms. The number of anilines is 1. The molecule has 0 aliphatic carbocycles. The van der Waals surface area contributed by atoms with Crippen LogP contribution in [0.1, 0.15) is 6.42 Å². The molecule has 0 radical (unpaired) electrons. The Labute approximate surface area is 185 Å². The number of likely N-dealkylation sites (N-methyl/N-ethyl adjacent to an activating group) is 2. The Balaban J connectivity index is 1.65. The standard InChI is InChI=1S/C25H34N4O2/c1-28(2)17-20(30)18-29(3)15-7-14-26-25-16-24(19-10-12-21(31-4)13-11-19)27-23-9-6-5-8-22(23)25/h5-6,8-13,16,20,30H,7,14-15,17-18H2,1-4H3,(H,26,27). The van der Waals surface area contributed by atoms with Crippen molar-refractivity contribution in [1.29, 1.82) is 0 Å². The number of nitrogens with zero attached hydrogens (tertiary/aromatic N) is 3. The number of hydrogen-bond donors (Lipinski definition) is 2. The summed E-state index contributed by atoms with van der Waals surface area (Å²) in [6.45, 7) is 3.13. The molecule has 6 heteroatoms. The van der Waals surface area contributed by atoms with Gasteiger partial charge in [-0.2, -0.15) is 0 Å². The first kappa shape index (κ1) is 23.0. The molecular weight excluding hydrogens is 388 g/mol. The summed E-state index contributed by atoms with van der Waals surface area (Å²) < 4.78 is 5.27. The van der Waals surface area contributed by atoms with Gasteiger partial charge in [-0.3, -0.25) is 0 Å². The zero-order valence-electron chi connectivity index (χ0n) is 19.0. The van der Waals surface area contributed by atoms with Crippen LogP contribution in [0.4, 0.5) is 5.69 Å². The van der Waals surface area contributed by atoms with Crippen molar-refractivity contribution in [3.63, 3.8) is 0 Å². The van der Waals surface area contributed by atoms with Gasteiger partial charge in [-0.15, -0.1) is 0 Å². The third-order valence-electron chi connectivity index (χ3n) is 5.23. The van der Waals surface area contributed by atoms with Crippen LogP contribution < -0.4 is 10.1 Å². The number of methoxy groups -OCH3 is 1. The third-order valence-corrected chi connectivity index (χ3v) is 5.23. The summed E-state index contributed by atoms with van der Waals surface area (Å²) in [6, 6.07) is 18.3. The van der Waals surface area contributed by atoms with E-state index in [-0.39, 0.29) is 6.10 Å². The fraction of sp³-hybridized carbons (Fsp3) is 0.400. The molecule has 2 N–H and O–H groups in total. The molecular formula is C25H34N4O2. The molecule has 0 fully saturated rings. The molecule has 1 aromatic heterocycles. The van der Waals surface area contributed by atoms with Gasteiger partial charge in [-0.25, -0.2) is 4.98 Å². The second kappa shape index (κ2) is 11.1. The van der Waals surface area contributed by atoms with Crippen LogP contribution in [0.3, 0.4) is 0 Å². The fourth-order valence-electron chi connectivity index (χ4n) is 3.73. The highest BCUT2D eigenvalue weighted by molar-refractivity contribution is 5.93. The van der Waals surface area contributed by atoms with Crippen molar-refractivity contribution in [3.8, 4) is 17.0 Å². The highest BCUT2D eigenvalue weighted by atomic mass is 16.5. The Morgan fingerprint density at radius 1 is 1.03 bits per heavy atom. The minimum absolute atomic E-state index is 0.329. The molecule has 0 aliphatic heterocycles. The number of nitrogens with one attached hydrogen (secondary N) is 1.